The summed E-state index contributed by atoms with van der Waals surface area (Å²) in [6.07, 6.45) is 0.167. The summed E-state index contributed by atoms with van der Waals surface area (Å²) < 4.78 is 0. The summed E-state index contributed by atoms with van der Waals surface area (Å²) in [7, 11) is 0. The van der Waals surface area contributed by atoms with Gasteiger partial charge in [0.2, 0.25) is 0 Å². The molecule has 3 aromatic rings. The maximum absolute atomic E-state index is 13.3. The van der Waals surface area contributed by atoms with Gasteiger partial charge in [-0.25, -0.2) is 5.01 Å². The zero-order valence-corrected chi connectivity index (χ0v) is 16.8. The molecule has 29 heavy (non-hydrogen) atoms. The number of carbonyl (C=O) groups is 2. The molecule has 1 unspecified atom stereocenters. The van der Waals surface area contributed by atoms with E-state index in [-0.39, 0.29) is 18.1 Å². The second kappa shape index (κ2) is 8.05. The number of carbonyl (C=O) groups excluding carboxylic acids is 2. The van der Waals surface area contributed by atoms with Crippen LogP contribution in [0.25, 0.3) is 0 Å². The van der Waals surface area contributed by atoms with E-state index >= 15 is 0 Å². The van der Waals surface area contributed by atoms with E-state index in [9.17, 15) is 9.59 Å². The summed E-state index contributed by atoms with van der Waals surface area (Å²) in [5, 5.41) is 6.85. The molecule has 1 amide bonds. The third kappa shape index (κ3) is 4.00. The Balaban J connectivity index is 1.69. The van der Waals surface area contributed by atoms with E-state index in [1.807, 2.05) is 73.7 Å². The molecule has 0 saturated carbocycles. The van der Waals surface area contributed by atoms with Crippen molar-refractivity contribution in [2.45, 2.75) is 18.2 Å². The Bertz CT molecular complexity index is 1050. The van der Waals surface area contributed by atoms with E-state index in [2.05, 4.69) is 5.10 Å². The molecule has 3 aromatic carbocycles. The normalized spacial score (nSPS) is 18.4. The molecule has 1 aliphatic rings. The molecule has 4 nitrogen and oxygen atoms in total. The molecule has 0 aliphatic carbocycles. The number of nitrogens with zero attached hydrogens (tertiary/aromatic N) is 2. The lowest BCUT2D eigenvalue weighted by atomic mass is 10.0. The Morgan fingerprint density at radius 2 is 1.34 bits per heavy atom. The van der Waals surface area contributed by atoms with Crippen molar-refractivity contribution in [1.29, 1.82) is 0 Å². The minimum Gasteiger partial charge on any atom is -0.294 e. The van der Waals surface area contributed by atoms with Crippen molar-refractivity contribution in [2.24, 2.45) is 5.10 Å². The van der Waals surface area contributed by atoms with Crippen LogP contribution in [0.15, 0.2) is 96.1 Å². The van der Waals surface area contributed by atoms with Crippen LogP contribution >= 0.6 is 11.8 Å². The predicted octanol–water partition coefficient (Wildman–Crippen LogP) is 5.23. The lowest BCUT2D eigenvalue weighted by Crippen LogP contribution is -2.42. The molecular weight excluding hydrogens is 380 g/mol. The Morgan fingerprint density at radius 1 is 0.828 bits per heavy atom. The van der Waals surface area contributed by atoms with E-state index < -0.39 is 4.87 Å². The third-order valence-electron chi connectivity index (χ3n) is 4.77. The zero-order chi connectivity index (χ0) is 20.3. The van der Waals surface area contributed by atoms with E-state index in [1.54, 1.807) is 24.3 Å². The Hall–Kier alpha value is -3.18. The lowest BCUT2D eigenvalue weighted by Gasteiger charge is -2.31. The first-order chi connectivity index (χ1) is 14.1. The first-order valence-corrected chi connectivity index (χ1v) is 10.2. The number of benzene rings is 3. The van der Waals surface area contributed by atoms with Crippen molar-refractivity contribution in [3.8, 4) is 0 Å². The largest absolute Gasteiger partial charge is 0.294 e. The topological polar surface area (TPSA) is 49.7 Å². The molecule has 0 fully saturated rings. The minimum atomic E-state index is -0.814. The average molecular weight is 401 g/mol. The van der Waals surface area contributed by atoms with Gasteiger partial charge in [-0.15, -0.1) is 0 Å². The average Bonchev–Trinajstić information content (AvgIpc) is 3.12. The zero-order valence-electron chi connectivity index (χ0n) is 16.0. The number of thioether (sulfide) groups is 1. The number of rotatable bonds is 5. The maximum atomic E-state index is 13.3. The lowest BCUT2D eigenvalue weighted by molar-refractivity contribution is 0.0650. The standard InChI is InChI=1S/C24H20N2O2S/c1-24(17-21(27)18-11-5-2-6-12-18)26(23(28)20-15-9-4-10-16-20)25-22(29-24)19-13-7-3-8-14-19/h2-16H,17H2,1H3. The van der Waals surface area contributed by atoms with Crippen LogP contribution < -0.4 is 0 Å². The van der Waals surface area contributed by atoms with Gasteiger partial charge in [-0.05, 0) is 19.1 Å². The van der Waals surface area contributed by atoms with Gasteiger partial charge in [0.05, 0.1) is 0 Å². The van der Waals surface area contributed by atoms with Crippen LogP contribution in [0.2, 0.25) is 0 Å². The fourth-order valence-corrected chi connectivity index (χ4v) is 4.47. The van der Waals surface area contributed by atoms with Crippen molar-refractivity contribution in [3.63, 3.8) is 0 Å². The van der Waals surface area contributed by atoms with Gasteiger partial charge in [-0.2, -0.15) is 5.10 Å². The molecule has 0 aromatic heterocycles. The van der Waals surface area contributed by atoms with E-state index in [0.29, 0.717) is 11.1 Å². The number of hydrogen-bond donors (Lipinski definition) is 0. The molecule has 1 atom stereocenters. The van der Waals surface area contributed by atoms with E-state index in [4.69, 9.17) is 0 Å². The first kappa shape index (κ1) is 19.2. The predicted molar refractivity (Wildman–Crippen MR) is 117 cm³/mol. The minimum absolute atomic E-state index is 0.0176. The molecule has 1 aliphatic heterocycles. The number of amides is 1. The fraction of sp³-hybridized carbons (Fsp3) is 0.125. The summed E-state index contributed by atoms with van der Waals surface area (Å²) in [6, 6.07) is 27.9. The van der Waals surface area contributed by atoms with Crippen LogP contribution in [-0.4, -0.2) is 26.6 Å². The van der Waals surface area contributed by atoms with E-state index in [1.165, 1.54) is 16.8 Å². The van der Waals surface area contributed by atoms with Gasteiger partial charge in [0.1, 0.15) is 9.91 Å². The van der Waals surface area contributed by atoms with Crippen molar-refractivity contribution in [2.75, 3.05) is 0 Å². The van der Waals surface area contributed by atoms with Crippen LogP contribution in [0.5, 0.6) is 0 Å². The Kier molecular flexibility index (Phi) is 5.32. The molecule has 0 spiro atoms. The van der Waals surface area contributed by atoms with Gasteiger partial charge >= 0.3 is 0 Å². The number of ketones is 1. The van der Waals surface area contributed by atoms with Gasteiger partial charge in [0.15, 0.2) is 5.78 Å². The van der Waals surface area contributed by atoms with Gasteiger partial charge in [-0.3, -0.25) is 9.59 Å². The maximum Gasteiger partial charge on any atom is 0.275 e. The van der Waals surface area contributed by atoms with Crippen LogP contribution in [0.1, 0.15) is 39.6 Å². The molecule has 144 valence electrons. The molecular formula is C24H20N2O2S. The summed E-state index contributed by atoms with van der Waals surface area (Å²) in [4.78, 5) is 25.4. The molecule has 0 saturated heterocycles. The van der Waals surface area contributed by atoms with E-state index in [0.717, 1.165) is 10.6 Å². The van der Waals surface area contributed by atoms with Crippen LogP contribution in [0, 0.1) is 0 Å². The number of hydrogen-bond acceptors (Lipinski definition) is 4. The van der Waals surface area contributed by atoms with Crippen molar-refractivity contribution in [3.05, 3.63) is 108 Å². The Labute approximate surface area is 174 Å². The van der Waals surface area contributed by atoms with Crippen molar-refractivity contribution < 1.29 is 9.59 Å². The van der Waals surface area contributed by atoms with Gasteiger partial charge in [0, 0.05) is 23.1 Å². The molecule has 1 heterocycles. The van der Waals surface area contributed by atoms with Gasteiger partial charge < -0.3 is 0 Å². The number of Topliss-reactive ketones (excluding diaryl/α,β-unsaturated/α-hetero) is 1. The fourth-order valence-electron chi connectivity index (χ4n) is 3.26. The highest BCUT2D eigenvalue weighted by atomic mass is 32.2. The van der Waals surface area contributed by atoms with Crippen LogP contribution in [0.4, 0.5) is 0 Å². The summed E-state index contributed by atoms with van der Waals surface area (Å²) in [5.41, 5.74) is 2.11. The molecule has 0 N–H and O–H groups in total. The summed E-state index contributed by atoms with van der Waals surface area (Å²) in [6.45, 7) is 1.90. The molecule has 0 radical (unpaired) electrons. The highest BCUT2D eigenvalue weighted by Crippen LogP contribution is 2.43. The highest BCUT2D eigenvalue weighted by Gasteiger charge is 2.45. The SMILES string of the molecule is CC1(CC(=O)c2ccccc2)SC(c2ccccc2)=NN1C(=O)c1ccccc1. The highest BCUT2D eigenvalue weighted by molar-refractivity contribution is 8.15. The third-order valence-corrected chi connectivity index (χ3v) is 6.04. The van der Waals surface area contributed by atoms with Crippen LogP contribution in [0.3, 0.4) is 0 Å². The van der Waals surface area contributed by atoms with Crippen molar-refractivity contribution >= 4 is 28.5 Å². The number of hydrazone groups is 1. The Morgan fingerprint density at radius 3 is 1.93 bits per heavy atom. The second-order valence-corrected chi connectivity index (χ2v) is 8.47. The molecule has 5 heteroatoms. The van der Waals surface area contributed by atoms with Gasteiger partial charge in [-0.1, -0.05) is 90.6 Å². The van der Waals surface area contributed by atoms with Crippen molar-refractivity contribution in [1.82, 2.24) is 5.01 Å². The quantitative estimate of drug-likeness (QED) is 0.551. The summed E-state index contributed by atoms with van der Waals surface area (Å²) in [5.74, 6) is -0.233. The molecule has 4 rings (SSSR count). The van der Waals surface area contributed by atoms with Gasteiger partial charge in [0.25, 0.3) is 5.91 Å². The smallest absolute Gasteiger partial charge is 0.275 e. The first-order valence-electron chi connectivity index (χ1n) is 9.38. The summed E-state index contributed by atoms with van der Waals surface area (Å²) >= 11 is 1.45. The monoisotopic (exact) mass is 400 g/mol. The second-order valence-electron chi connectivity index (χ2n) is 7.00. The van der Waals surface area contributed by atoms with Crippen LogP contribution in [-0.2, 0) is 0 Å². The molecule has 0 bridgehead atoms.